The molecule has 0 spiro atoms. The van der Waals surface area contributed by atoms with Crippen LogP contribution < -0.4 is 0 Å². The van der Waals surface area contributed by atoms with E-state index in [1.165, 1.54) is 6.08 Å². The van der Waals surface area contributed by atoms with E-state index in [1.54, 1.807) is 30.6 Å². The van der Waals surface area contributed by atoms with Crippen molar-refractivity contribution in [3.8, 4) is 0 Å². The van der Waals surface area contributed by atoms with Crippen molar-refractivity contribution in [1.29, 1.82) is 0 Å². The highest BCUT2D eigenvalue weighted by Crippen LogP contribution is 2.16. The first-order valence-corrected chi connectivity index (χ1v) is 5.36. The van der Waals surface area contributed by atoms with Gasteiger partial charge in [0.2, 0.25) is 11.6 Å². The molecule has 1 aromatic heterocycles. The second kappa shape index (κ2) is 5.63. The predicted molar refractivity (Wildman–Crippen MR) is 66.8 cm³/mol. The number of rotatable bonds is 0. The average Bonchev–Trinajstić information content (AvgIpc) is 2.46. The topological polar surface area (TPSA) is 59.9 Å². The Bertz CT molecular complexity index is 565. The zero-order valence-electron chi connectivity index (χ0n) is 9.48. The summed E-state index contributed by atoms with van der Waals surface area (Å²) in [5, 5.41) is 7.07. The summed E-state index contributed by atoms with van der Waals surface area (Å²) >= 11 is 0. The number of hydrogen-bond donors (Lipinski definition) is 0. The molecule has 0 bridgehead atoms. The number of hydrogen-bond acceptors (Lipinski definition) is 4. The zero-order valence-corrected chi connectivity index (χ0v) is 9.48. The summed E-state index contributed by atoms with van der Waals surface area (Å²) in [4.78, 5) is 22.1. The lowest BCUT2D eigenvalue weighted by atomic mass is 9.96. The van der Waals surface area contributed by atoms with Gasteiger partial charge in [0.05, 0.1) is 0 Å². The smallest absolute Gasteiger partial charge is 0.233 e. The second-order valence-electron chi connectivity index (χ2n) is 3.53. The maximum atomic E-state index is 11.2. The molecule has 0 atom stereocenters. The molecule has 1 aliphatic rings. The molecule has 1 aliphatic carbocycles. The Labute approximate surface area is 104 Å². The number of nitrogens with zero attached hydrogens (tertiary/aromatic N) is 2. The summed E-state index contributed by atoms with van der Waals surface area (Å²) in [6.07, 6.45) is 6.25. The first kappa shape index (κ1) is 11.9. The van der Waals surface area contributed by atoms with Gasteiger partial charge in [-0.3, -0.25) is 9.59 Å². The van der Waals surface area contributed by atoms with Crippen LogP contribution >= 0.6 is 0 Å². The molecule has 1 aromatic carbocycles. The van der Waals surface area contributed by atoms with E-state index in [9.17, 15) is 9.59 Å². The number of aromatic nitrogens is 2. The lowest BCUT2D eigenvalue weighted by Gasteiger charge is -2.06. The summed E-state index contributed by atoms with van der Waals surface area (Å²) < 4.78 is 0. The minimum Gasteiger partial charge on any atom is -0.286 e. The zero-order chi connectivity index (χ0) is 12.8. The molecule has 18 heavy (non-hydrogen) atoms. The number of carbonyl (C=O) groups excluding carboxylic acids is 2. The fraction of sp³-hybridized carbons (Fsp3) is 0. The fourth-order valence-electron chi connectivity index (χ4n) is 1.48. The fourth-order valence-corrected chi connectivity index (χ4v) is 1.48. The molecule has 0 fully saturated rings. The molecular weight excluding hydrogens is 228 g/mol. The van der Waals surface area contributed by atoms with Gasteiger partial charge in [-0.2, -0.15) is 10.2 Å². The number of ketones is 2. The van der Waals surface area contributed by atoms with E-state index in [0.717, 1.165) is 5.56 Å². The third kappa shape index (κ3) is 2.74. The van der Waals surface area contributed by atoms with Gasteiger partial charge in [0.15, 0.2) is 0 Å². The number of carbonyl (C=O) groups is 2. The molecule has 0 saturated carbocycles. The van der Waals surface area contributed by atoms with Crippen molar-refractivity contribution in [1.82, 2.24) is 10.2 Å². The van der Waals surface area contributed by atoms with Crippen molar-refractivity contribution in [3.05, 3.63) is 66.0 Å². The van der Waals surface area contributed by atoms with Crippen molar-refractivity contribution in [2.75, 3.05) is 0 Å². The molecular formula is C14H10N2O2. The number of Topliss-reactive ketones (excluding diaryl/α,β-unsaturated/α-hetero) is 1. The van der Waals surface area contributed by atoms with Gasteiger partial charge in [-0.1, -0.05) is 30.3 Å². The van der Waals surface area contributed by atoms with E-state index in [1.807, 2.05) is 24.3 Å². The van der Waals surface area contributed by atoms with Gasteiger partial charge < -0.3 is 0 Å². The van der Waals surface area contributed by atoms with Crippen molar-refractivity contribution in [2.24, 2.45) is 0 Å². The Morgan fingerprint density at radius 2 is 1.44 bits per heavy atom. The van der Waals surface area contributed by atoms with E-state index in [-0.39, 0.29) is 0 Å². The van der Waals surface area contributed by atoms with Crippen molar-refractivity contribution < 1.29 is 9.59 Å². The molecule has 0 amide bonds. The van der Waals surface area contributed by atoms with E-state index >= 15 is 0 Å². The molecule has 4 nitrogen and oxygen atoms in total. The Balaban J connectivity index is 0.000000169. The minimum absolute atomic E-state index is 0.409. The van der Waals surface area contributed by atoms with Gasteiger partial charge in [-0.15, -0.1) is 0 Å². The second-order valence-corrected chi connectivity index (χ2v) is 3.53. The van der Waals surface area contributed by atoms with Gasteiger partial charge in [0.1, 0.15) is 0 Å². The summed E-state index contributed by atoms with van der Waals surface area (Å²) in [7, 11) is 0. The molecule has 1 heterocycles. The first-order valence-electron chi connectivity index (χ1n) is 5.36. The molecule has 0 unspecified atom stereocenters. The highest BCUT2D eigenvalue weighted by molar-refractivity contribution is 6.49. The van der Waals surface area contributed by atoms with Crippen LogP contribution in [0.1, 0.15) is 15.9 Å². The molecule has 2 aromatic rings. The molecule has 0 aliphatic heterocycles. The molecule has 3 rings (SSSR count). The highest BCUT2D eigenvalue weighted by Gasteiger charge is 2.19. The van der Waals surface area contributed by atoms with Gasteiger partial charge in [-0.25, -0.2) is 0 Å². The maximum Gasteiger partial charge on any atom is 0.233 e. The van der Waals surface area contributed by atoms with Gasteiger partial charge in [0.25, 0.3) is 0 Å². The number of fused-ring (bicyclic) bond motifs is 1. The molecule has 0 saturated heterocycles. The van der Waals surface area contributed by atoms with Crippen LogP contribution in [0.3, 0.4) is 0 Å². The van der Waals surface area contributed by atoms with Crippen LogP contribution in [0.25, 0.3) is 6.08 Å². The van der Waals surface area contributed by atoms with Crippen LogP contribution in [0.5, 0.6) is 0 Å². The summed E-state index contributed by atoms with van der Waals surface area (Å²) in [5.41, 5.74) is 1.33. The van der Waals surface area contributed by atoms with Crippen LogP contribution in [-0.4, -0.2) is 21.8 Å². The van der Waals surface area contributed by atoms with Crippen molar-refractivity contribution in [2.45, 2.75) is 0 Å². The molecule has 0 radical (unpaired) electrons. The SMILES string of the molecule is O=C1C=Cc2ccccc2C1=O.c1ccnnc1. The largest absolute Gasteiger partial charge is 0.286 e. The Kier molecular flexibility index (Phi) is 3.71. The molecule has 4 heteroatoms. The Morgan fingerprint density at radius 1 is 0.778 bits per heavy atom. The van der Waals surface area contributed by atoms with Crippen molar-refractivity contribution in [3.63, 3.8) is 0 Å². The predicted octanol–water partition coefficient (Wildman–Crippen LogP) is 1.94. The van der Waals surface area contributed by atoms with E-state index in [2.05, 4.69) is 10.2 Å². The lowest BCUT2D eigenvalue weighted by Crippen LogP contribution is -2.15. The molecule has 88 valence electrons. The van der Waals surface area contributed by atoms with Crippen molar-refractivity contribution >= 4 is 17.6 Å². The summed E-state index contributed by atoms with van der Waals surface area (Å²) in [6.45, 7) is 0. The minimum atomic E-state index is -0.436. The lowest BCUT2D eigenvalue weighted by molar-refractivity contribution is -0.110. The summed E-state index contributed by atoms with van der Waals surface area (Å²) in [6, 6.07) is 10.7. The van der Waals surface area contributed by atoms with E-state index in [4.69, 9.17) is 0 Å². The number of benzene rings is 1. The van der Waals surface area contributed by atoms with E-state index in [0.29, 0.717) is 5.56 Å². The first-order chi connectivity index (χ1) is 8.79. The quantitative estimate of drug-likeness (QED) is 0.658. The Hall–Kier alpha value is -2.62. The average molecular weight is 238 g/mol. The van der Waals surface area contributed by atoms with Crippen LogP contribution in [0, 0.1) is 0 Å². The molecule has 0 N–H and O–H groups in total. The standard InChI is InChI=1S/C10H6O2.C4H4N2/c11-9-6-5-7-3-1-2-4-8(7)10(9)12;1-2-4-6-5-3-1/h1-6H;1-4H. The Morgan fingerprint density at radius 3 is 2.06 bits per heavy atom. The van der Waals surface area contributed by atoms with Crippen LogP contribution in [0.2, 0.25) is 0 Å². The van der Waals surface area contributed by atoms with Crippen LogP contribution in [0.15, 0.2) is 54.9 Å². The maximum absolute atomic E-state index is 11.2. The van der Waals surface area contributed by atoms with Gasteiger partial charge in [0, 0.05) is 18.0 Å². The van der Waals surface area contributed by atoms with Crippen LogP contribution in [-0.2, 0) is 4.79 Å². The van der Waals surface area contributed by atoms with Gasteiger partial charge >= 0.3 is 0 Å². The number of allylic oxidation sites excluding steroid dienone is 1. The van der Waals surface area contributed by atoms with E-state index < -0.39 is 11.6 Å². The third-order valence-corrected chi connectivity index (χ3v) is 2.33. The van der Waals surface area contributed by atoms with Gasteiger partial charge in [-0.05, 0) is 23.8 Å². The summed E-state index contributed by atoms with van der Waals surface area (Å²) in [5.74, 6) is -0.846. The highest BCUT2D eigenvalue weighted by atomic mass is 16.2. The third-order valence-electron chi connectivity index (χ3n) is 2.33. The normalized spacial score (nSPS) is 12.4. The van der Waals surface area contributed by atoms with Crippen LogP contribution in [0.4, 0.5) is 0 Å². The monoisotopic (exact) mass is 238 g/mol.